The SMILES string of the molecule is Oc1ccc2nc(-c3ccc(Cl)nn3)cnc2c1. The van der Waals surface area contributed by atoms with Gasteiger partial charge in [0.25, 0.3) is 0 Å². The zero-order valence-corrected chi connectivity index (χ0v) is 9.83. The molecule has 0 aliphatic carbocycles. The molecule has 2 aromatic heterocycles. The van der Waals surface area contributed by atoms with Crippen LogP contribution in [0.25, 0.3) is 22.4 Å². The molecule has 0 atom stereocenters. The molecular weight excluding hydrogens is 252 g/mol. The van der Waals surface area contributed by atoms with Crippen molar-refractivity contribution in [2.45, 2.75) is 0 Å². The summed E-state index contributed by atoms with van der Waals surface area (Å²) in [6, 6.07) is 8.19. The fourth-order valence-corrected chi connectivity index (χ4v) is 1.68. The Morgan fingerprint density at radius 1 is 0.944 bits per heavy atom. The standard InChI is InChI=1S/C12H7ClN4O/c13-12-4-3-9(16-17-12)11-6-14-10-5-7(18)1-2-8(10)15-11/h1-6,18H. The van der Waals surface area contributed by atoms with Crippen molar-refractivity contribution in [2.75, 3.05) is 0 Å². The highest BCUT2D eigenvalue weighted by molar-refractivity contribution is 6.29. The Kier molecular flexibility index (Phi) is 2.53. The third-order valence-electron chi connectivity index (χ3n) is 2.42. The molecule has 3 rings (SSSR count). The summed E-state index contributed by atoms with van der Waals surface area (Å²) >= 11 is 5.67. The predicted molar refractivity (Wildman–Crippen MR) is 67.2 cm³/mol. The van der Waals surface area contributed by atoms with Gasteiger partial charge < -0.3 is 5.11 Å². The van der Waals surface area contributed by atoms with Gasteiger partial charge in [-0.05, 0) is 24.3 Å². The van der Waals surface area contributed by atoms with E-state index in [1.165, 1.54) is 0 Å². The zero-order chi connectivity index (χ0) is 12.5. The number of halogens is 1. The monoisotopic (exact) mass is 258 g/mol. The molecule has 0 fully saturated rings. The molecule has 6 heteroatoms. The van der Waals surface area contributed by atoms with Crippen molar-refractivity contribution in [3.63, 3.8) is 0 Å². The summed E-state index contributed by atoms with van der Waals surface area (Å²) in [4.78, 5) is 8.61. The topological polar surface area (TPSA) is 71.8 Å². The van der Waals surface area contributed by atoms with Gasteiger partial charge in [-0.15, -0.1) is 10.2 Å². The van der Waals surface area contributed by atoms with Gasteiger partial charge >= 0.3 is 0 Å². The molecule has 1 aromatic carbocycles. The highest BCUT2D eigenvalue weighted by atomic mass is 35.5. The van der Waals surface area contributed by atoms with Gasteiger partial charge in [-0.25, -0.2) is 4.98 Å². The Morgan fingerprint density at radius 3 is 2.61 bits per heavy atom. The van der Waals surface area contributed by atoms with Crippen LogP contribution in [0, 0.1) is 0 Å². The van der Waals surface area contributed by atoms with Crippen LogP contribution in [0.3, 0.4) is 0 Å². The molecule has 0 saturated heterocycles. The Bertz CT molecular complexity index is 715. The van der Waals surface area contributed by atoms with Crippen LogP contribution in [-0.2, 0) is 0 Å². The molecule has 0 aliphatic heterocycles. The second kappa shape index (κ2) is 4.19. The second-order valence-corrected chi connectivity index (χ2v) is 4.06. The highest BCUT2D eigenvalue weighted by Crippen LogP contribution is 2.20. The third kappa shape index (κ3) is 1.96. The molecule has 0 unspecified atom stereocenters. The number of rotatable bonds is 1. The molecule has 5 nitrogen and oxygen atoms in total. The van der Waals surface area contributed by atoms with Gasteiger partial charge in [-0.2, -0.15) is 0 Å². The second-order valence-electron chi connectivity index (χ2n) is 3.67. The van der Waals surface area contributed by atoms with Gasteiger partial charge in [-0.3, -0.25) is 4.98 Å². The first kappa shape index (κ1) is 10.9. The Morgan fingerprint density at radius 2 is 1.83 bits per heavy atom. The Hall–Kier alpha value is -2.27. The summed E-state index contributed by atoms with van der Waals surface area (Å²) in [7, 11) is 0. The number of hydrogen-bond donors (Lipinski definition) is 1. The van der Waals surface area contributed by atoms with Gasteiger partial charge in [-0.1, -0.05) is 11.6 Å². The minimum atomic E-state index is 0.163. The lowest BCUT2D eigenvalue weighted by Gasteiger charge is -2.01. The highest BCUT2D eigenvalue weighted by Gasteiger charge is 2.05. The summed E-state index contributed by atoms with van der Waals surface area (Å²) in [5.41, 5.74) is 2.52. The van der Waals surface area contributed by atoms with Crippen LogP contribution in [0.2, 0.25) is 5.15 Å². The summed E-state index contributed by atoms with van der Waals surface area (Å²) < 4.78 is 0. The molecule has 0 amide bonds. The maximum absolute atomic E-state index is 9.34. The first-order valence-corrected chi connectivity index (χ1v) is 5.55. The molecular formula is C12H7ClN4O. The molecule has 0 saturated carbocycles. The number of fused-ring (bicyclic) bond motifs is 1. The van der Waals surface area contributed by atoms with E-state index < -0.39 is 0 Å². The average Bonchev–Trinajstić information content (AvgIpc) is 2.39. The maximum Gasteiger partial charge on any atom is 0.151 e. The van der Waals surface area contributed by atoms with Crippen LogP contribution < -0.4 is 0 Å². The first-order chi connectivity index (χ1) is 8.72. The van der Waals surface area contributed by atoms with Gasteiger partial charge in [0.2, 0.25) is 0 Å². The van der Waals surface area contributed by atoms with Crippen LogP contribution in [0.5, 0.6) is 5.75 Å². The number of benzene rings is 1. The van der Waals surface area contributed by atoms with Crippen LogP contribution >= 0.6 is 11.6 Å². The van der Waals surface area contributed by atoms with E-state index in [2.05, 4.69) is 20.2 Å². The first-order valence-electron chi connectivity index (χ1n) is 5.18. The number of aromatic nitrogens is 4. The van der Waals surface area contributed by atoms with E-state index in [0.717, 1.165) is 0 Å². The van der Waals surface area contributed by atoms with E-state index in [9.17, 15) is 5.11 Å². The van der Waals surface area contributed by atoms with E-state index in [1.807, 2.05) is 0 Å². The molecule has 1 N–H and O–H groups in total. The molecule has 0 spiro atoms. The van der Waals surface area contributed by atoms with E-state index >= 15 is 0 Å². The minimum absolute atomic E-state index is 0.163. The van der Waals surface area contributed by atoms with Crippen molar-refractivity contribution in [1.82, 2.24) is 20.2 Å². The van der Waals surface area contributed by atoms with Gasteiger partial charge in [0, 0.05) is 6.07 Å². The van der Waals surface area contributed by atoms with Gasteiger partial charge in [0.15, 0.2) is 5.15 Å². The number of phenols is 1. The zero-order valence-electron chi connectivity index (χ0n) is 9.08. The van der Waals surface area contributed by atoms with E-state index in [4.69, 9.17) is 11.6 Å². The molecule has 0 bridgehead atoms. The van der Waals surface area contributed by atoms with Gasteiger partial charge in [0.05, 0.1) is 17.2 Å². The van der Waals surface area contributed by atoms with Crippen molar-refractivity contribution in [3.05, 3.63) is 41.7 Å². The van der Waals surface area contributed by atoms with E-state index in [1.54, 1.807) is 36.5 Å². The van der Waals surface area contributed by atoms with Crippen molar-refractivity contribution in [2.24, 2.45) is 0 Å². The fraction of sp³-hybridized carbons (Fsp3) is 0. The average molecular weight is 259 g/mol. The molecule has 0 radical (unpaired) electrons. The smallest absolute Gasteiger partial charge is 0.151 e. The number of phenolic OH excluding ortho intramolecular Hbond substituents is 1. The molecule has 3 aromatic rings. The van der Waals surface area contributed by atoms with Gasteiger partial charge in [0.1, 0.15) is 17.1 Å². The van der Waals surface area contributed by atoms with Crippen molar-refractivity contribution in [3.8, 4) is 17.1 Å². The lowest BCUT2D eigenvalue weighted by atomic mass is 10.2. The van der Waals surface area contributed by atoms with Crippen molar-refractivity contribution >= 4 is 22.6 Å². The molecule has 88 valence electrons. The normalized spacial score (nSPS) is 10.7. The third-order valence-corrected chi connectivity index (χ3v) is 2.62. The lowest BCUT2D eigenvalue weighted by Crippen LogP contribution is -1.92. The van der Waals surface area contributed by atoms with Crippen molar-refractivity contribution in [1.29, 1.82) is 0 Å². The van der Waals surface area contributed by atoms with E-state index in [-0.39, 0.29) is 5.75 Å². The number of nitrogens with zero attached hydrogens (tertiary/aromatic N) is 4. The number of aromatic hydroxyl groups is 1. The van der Waals surface area contributed by atoms with Crippen LogP contribution in [0.1, 0.15) is 0 Å². The van der Waals surface area contributed by atoms with Crippen LogP contribution in [-0.4, -0.2) is 25.3 Å². The largest absolute Gasteiger partial charge is 0.508 e. The minimum Gasteiger partial charge on any atom is -0.508 e. The van der Waals surface area contributed by atoms with Crippen LogP contribution in [0.15, 0.2) is 36.5 Å². The van der Waals surface area contributed by atoms with Crippen molar-refractivity contribution < 1.29 is 5.11 Å². The maximum atomic E-state index is 9.34. The predicted octanol–water partition coefficient (Wildman–Crippen LogP) is 2.45. The van der Waals surface area contributed by atoms with Crippen LogP contribution in [0.4, 0.5) is 0 Å². The summed E-state index contributed by atoms with van der Waals surface area (Å²) in [6.45, 7) is 0. The molecule has 18 heavy (non-hydrogen) atoms. The summed E-state index contributed by atoms with van der Waals surface area (Å²) in [5.74, 6) is 0.163. The van der Waals surface area contributed by atoms with E-state index in [0.29, 0.717) is 27.6 Å². The molecule has 2 heterocycles. The molecule has 0 aliphatic rings. The number of hydrogen-bond acceptors (Lipinski definition) is 5. The Labute approximate surface area is 107 Å². The summed E-state index contributed by atoms with van der Waals surface area (Å²) in [6.07, 6.45) is 1.58. The Balaban J connectivity index is 2.13. The summed E-state index contributed by atoms with van der Waals surface area (Å²) in [5, 5.41) is 17.4. The quantitative estimate of drug-likeness (QED) is 0.726. The fourth-order valence-electron chi connectivity index (χ4n) is 1.58. The lowest BCUT2D eigenvalue weighted by molar-refractivity contribution is 0.476.